The number of methoxy groups -OCH3 is 1. The Morgan fingerprint density at radius 2 is 1.54 bits per heavy atom. The van der Waals surface area contributed by atoms with Crippen molar-refractivity contribution in [1.29, 1.82) is 0 Å². The highest BCUT2D eigenvalue weighted by Crippen LogP contribution is 2.40. The van der Waals surface area contributed by atoms with E-state index in [1.54, 1.807) is 28.9 Å². The van der Waals surface area contributed by atoms with E-state index in [-0.39, 0.29) is 29.6 Å². The van der Waals surface area contributed by atoms with E-state index in [0.29, 0.717) is 23.0 Å². The van der Waals surface area contributed by atoms with E-state index in [1.807, 2.05) is 60.4 Å². The normalized spacial score (nSPS) is 18.7. The van der Waals surface area contributed by atoms with Gasteiger partial charge in [-0.1, -0.05) is 50.6 Å². The molecule has 0 saturated carbocycles. The van der Waals surface area contributed by atoms with Gasteiger partial charge in [-0.2, -0.15) is 5.10 Å². The second-order valence-corrected chi connectivity index (χ2v) is 14.0. The molecule has 2 bridgehead atoms. The molecule has 2 atom stereocenters. The largest absolute Gasteiger partial charge is 0.465 e. The van der Waals surface area contributed by atoms with Crippen molar-refractivity contribution in [3.05, 3.63) is 101 Å². The summed E-state index contributed by atoms with van der Waals surface area (Å²) < 4.78 is 6.53. The highest BCUT2D eigenvalue weighted by atomic mass is 16.5. The molecule has 2 unspecified atom stereocenters. The lowest BCUT2D eigenvalue weighted by Gasteiger charge is -2.39. The average Bonchev–Trinajstić information content (AvgIpc) is 3.60. The molecule has 3 aromatic carbocycles. The summed E-state index contributed by atoms with van der Waals surface area (Å²) in [5.74, 6) is 0.630. The van der Waals surface area contributed by atoms with Crippen LogP contribution in [-0.4, -0.2) is 51.9 Å². The molecule has 48 heavy (non-hydrogen) atoms. The van der Waals surface area contributed by atoms with E-state index in [4.69, 9.17) is 9.84 Å². The summed E-state index contributed by atoms with van der Waals surface area (Å²) in [7, 11) is 1.35. The molecule has 2 aliphatic rings. The van der Waals surface area contributed by atoms with Crippen LogP contribution in [0.15, 0.2) is 78.9 Å². The average molecular weight is 649 g/mol. The number of rotatable bonds is 7. The topological polar surface area (TPSA) is 118 Å². The van der Waals surface area contributed by atoms with Gasteiger partial charge >= 0.3 is 18.0 Å². The van der Waals surface area contributed by atoms with Crippen molar-refractivity contribution in [1.82, 2.24) is 14.7 Å². The number of urea groups is 2. The van der Waals surface area contributed by atoms with Crippen molar-refractivity contribution in [2.24, 2.45) is 5.92 Å². The number of hydrogen-bond acceptors (Lipinski definition) is 5. The van der Waals surface area contributed by atoms with Crippen molar-refractivity contribution in [3.63, 3.8) is 0 Å². The number of nitrogens with zero attached hydrogens (tertiary/aromatic N) is 3. The molecule has 10 nitrogen and oxygen atoms in total. The van der Waals surface area contributed by atoms with E-state index in [9.17, 15) is 14.4 Å². The Labute approximate surface area is 281 Å². The van der Waals surface area contributed by atoms with Crippen LogP contribution in [-0.2, 0) is 16.6 Å². The molecule has 4 aromatic rings. The molecule has 0 spiro atoms. The third-order valence-electron chi connectivity index (χ3n) is 9.33. The first kappa shape index (κ1) is 32.8. The molecule has 2 fully saturated rings. The van der Waals surface area contributed by atoms with Gasteiger partial charge in [0.05, 0.1) is 24.1 Å². The van der Waals surface area contributed by atoms with Gasteiger partial charge in [-0.3, -0.25) is 5.32 Å². The Kier molecular flexibility index (Phi) is 9.26. The number of carbonyl (C=O) groups excluding carboxylic acids is 3. The first-order valence-electron chi connectivity index (χ1n) is 16.6. The number of benzene rings is 3. The summed E-state index contributed by atoms with van der Waals surface area (Å²) in [5, 5.41) is 13.9. The fourth-order valence-corrected chi connectivity index (χ4v) is 6.89. The van der Waals surface area contributed by atoms with Gasteiger partial charge in [-0.25, -0.2) is 19.1 Å². The first-order valence-corrected chi connectivity index (χ1v) is 16.6. The van der Waals surface area contributed by atoms with Gasteiger partial charge in [-0.15, -0.1) is 0 Å². The number of carbonyl (C=O) groups is 3. The second kappa shape index (κ2) is 13.5. The van der Waals surface area contributed by atoms with Crippen LogP contribution in [0.1, 0.15) is 73.6 Å². The monoisotopic (exact) mass is 648 g/mol. The molecule has 4 amide bonds. The maximum atomic E-state index is 13.3. The number of ether oxygens (including phenoxy) is 1. The molecular formula is C38H44N6O4. The van der Waals surface area contributed by atoms with Gasteiger partial charge in [-0.05, 0) is 99.0 Å². The zero-order valence-corrected chi connectivity index (χ0v) is 28.2. The molecule has 0 aliphatic carbocycles. The molecule has 6 rings (SSSR count). The molecule has 2 aliphatic heterocycles. The Morgan fingerprint density at radius 1 is 0.854 bits per heavy atom. The summed E-state index contributed by atoms with van der Waals surface area (Å²) in [5.41, 5.74) is 5.69. The molecular weight excluding hydrogens is 604 g/mol. The summed E-state index contributed by atoms with van der Waals surface area (Å²) >= 11 is 0. The minimum atomic E-state index is -0.408. The Bertz CT molecular complexity index is 1780. The maximum absolute atomic E-state index is 13.3. The molecule has 2 saturated heterocycles. The molecule has 0 radical (unpaired) electrons. The van der Waals surface area contributed by atoms with Crippen LogP contribution in [0.2, 0.25) is 0 Å². The lowest BCUT2D eigenvalue weighted by molar-refractivity contribution is 0.0600. The van der Waals surface area contributed by atoms with Crippen LogP contribution in [0, 0.1) is 12.8 Å². The number of fused-ring (bicyclic) bond motifs is 2. The van der Waals surface area contributed by atoms with Gasteiger partial charge in [0, 0.05) is 34.9 Å². The smallest absolute Gasteiger partial charge is 0.337 e. The van der Waals surface area contributed by atoms with Crippen molar-refractivity contribution in [2.75, 3.05) is 23.1 Å². The molecule has 250 valence electrons. The van der Waals surface area contributed by atoms with Gasteiger partial charge in [0.2, 0.25) is 0 Å². The number of piperidine rings is 1. The quantitative estimate of drug-likeness (QED) is 0.176. The number of esters is 1. The molecule has 1 aromatic heterocycles. The number of aromatic nitrogens is 2. The summed E-state index contributed by atoms with van der Waals surface area (Å²) in [4.78, 5) is 40.3. The lowest BCUT2D eigenvalue weighted by Crippen LogP contribution is -2.48. The predicted molar refractivity (Wildman–Crippen MR) is 188 cm³/mol. The third-order valence-corrected chi connectivity index (χ3v) is 9.33. The Hall–Kier alpha value is -5.12. The van der Waals surface area contributed by atoms with Crippen LogP contribution in [0.5, 0.6) is 0 Å². The van der Waals surface area contributed by atoms with Crippen LogP contribution in [0.25, 0.3) is 5.69 Å². The van der Waals surface area contributed by atoms with Crippen molar-refractivity contribution >= 4 is 35.2 Å². The SMILES string of the molecule is COC(=O)c1ccc(NC(=O)N2C3CCC2CC(Cc2cccc(NC(=O)Nc4cc(C(C)(C)C)nn4-c4ccc(C)cc4)c2)C3)cc1. The number of hydrogen-bond donors (Lipinski definition) is 3. The zero-order chi connectivity index (χ0) is 34.0. The van der Waals surface area contributed by atoms with Crippen LogP contribution < -0.4 is 16.0 Å². The summed E-state index contributed by atoms with van der Waals surface area (Å²) in [6, 6.07) is 24.7. The number of anilines is 3. The second-order valence-electron chi connectivity index (χ2n) is 14.0. The Balaban J connectivity index is 1.07. The van der Waals surface area contributed by atoms with Gasteiger partial charge < -0.3 is 20.3 Å². The van der Waals surface area contributed by atoms with E-state index >= 15 is 0 Å². The third kappa shape index (κ3) is 7.38. The van der Waals surface area contributed by atoms with E-state index in [2.05, 4.69) is 42.8 Å². The van der Waals surface area contributed by atoms with Crippen molar-refractivity contribution in [2.45, 2.75) is 77.3 Å². The van der Waals surface area contributed by atoms with Crippen LogP contribution >= 0.6 is 0 Å². The maximum Gasteiger partial charge on any atom is 0.337 e. The molecule has 3 heterocycles. The van der Waals surface area contributed by atoms with Crippen molar-refractivity contribution < 1.29 is 19.1 Å². The molecule has 10 heteroatoms. The van der Waals surface area contributed by atoms with Gasteiger partial charge in [0.15, 0.2) is 0 Å². The summed E-state index contributed by atoms with van der Waals surface area (Å²) in [6.45, 7) is 8.34. The van der Waals surface area contributed by atoms with E-state index in [0.717, 1.165) is 60.3 Å². The number of aryl methyl sites for hydroxylation is 1. The van der Waals surface area contributed by atoms with Crippen molar-refractivity contribution in [3.8, 4) is 5.69 Å². The fourth-order valence-electron chi connectivity index (χ4n) is 6.89. The van der Waals surface area contributed by atoms with E-state index in [1.165, 1.54) is 7.11 Å². The highest BCUT2D eigenvalue weighted by Gasteiger charge is 2.43. The van der Waals surface area contributed by atoms with Gasteiger partial charge in [0.1, 0.15) is 5.82 Å². The minimum absolute atomic E-state index is 0.0951. The molecule has 3 N–H and O–H groups in total. The fraction of sp³-hybridized carbons (Fsp3) is 0.368. The Morgan fingerprint density at radius 3 is 2.19 bits per heavy atom. The van der Waals surface area contributed by atoms with Crippen LogP contribution in [0.4, 0.5) is 26.8 Å². The highest BCUT2D eigenvalue weighted by molar-refractivity contribution is 5.99. The number of amides is 4. The van der Waals surface area contributed by atoms with E-state index < -0.39 is 5.97 Å². The zero-order valence-electron chi connectivity index (χ0n) is 28.2. The lowest BCUT2D eigenvalue weighted by atomic mass is 9.86. The number of nitrogens with one attached hydrogen (secondary N) is 3. The van der Waals surface area contributed by atoms with Crippen LogP contribution in [0.3, 0.4) is 0 Å². The standard InChI is InChI=1S/C38H44N6O4/c1-24-9-15-30(16-10-24)44-34(23-33(42-44)38(2,3)4)41-36(46)39-29-8-6-7-25(20-29)19-26-21-31-17-18-32(22-26)43(31)37(47)40-28-13-11-27(12-14-28)35(45)48-5/h6-16,20,23,26,31-32H,17-19,21-22H2,1-5H3,(H,40,47)(H2,39,41,46). The summed E-state index contributed by atoms with van der Waals surface area (Å²) in [6.07, 6.45) is 4.73. The van der Waals surface area contributed by atoms with Gasteiger partial charge in [0.25, 0.3) is 0 Å². The minimum Gasteiger partial charge on any atom is -0.465 e. The first-order chi connectivity index (χ1) is 23.0. The predicted octanol–water partition coefficient (Wildman–Crippen LogP) is 7.93.